The lowest BCUT2D eigenvalue weighted by Gasteiger charge is -2.29. The summed E-state index contributed by atoms with van der Waals surface area (Å²) in [7, 11) is 0. The Kier molecular flexibility index (Phi) is 5.73. The average Bonchev–Trinajstić information content (AvgIpc) is 2.54. The van der Waals surface area contributed by atoms with Crippen LogP contribution in [0.2, 0.25) is 0 Å². The van der Waals surface area contributed by atoms with Crippen molar-refractivity contribution in [2.75, 3.05) is 24.6 Å². The Bertz CT molecular complexity index is 613. The molecule has 2 rings (SSSR count). The minimum Gasteiger partial charge on any atom is -0.482 e. The van der Waals surface area contributed by atoms with E-state index in [1.165, 1.54) is 6.92 Å². The van der Waals surface area contributed by atoms with Crippen molar-refractivity contribution in [1.29, 1.82) is 0 Å². The van der Waals surface area contributed by atoms with Gasteiger partial charge in [0.2, 0.25) is 5.91 Å². The molecule has 0 saturated carbocycles. The minimum atomic E-state index is -0.160. The molecule has 1 heterocycles. The van der Waals surface area contributed by atoms with Crippen molar-refractivity contribution < 1.29 is 19.1 Å². The van der Waals surface area contributed by atoms with Crippen LogP contribution in [0.3, 0.4) is 0 Å². The van der Waals surface area contributed by atoms with Gasteiger partial charge in [0.1, 0.15) is 5.75 Å². The largest absolute Gasteiger partial charge is 0.482 e. The molecule has 0 spiro atoms. The summed E-state index contributed by atoms with van der Waals surface area (Å²) in [5.41, 5.74) is 1.13. The molecule has 0 saturated heterocycles. The summed E-state index contributed by atoms with van der Waals surface area (Å²) in [4.78, 5) is 36.9. The fraction of sp³-hybridized carbons (Fsp3) is 0.471. The van der Waals surface area contributed by atoms with E-state index in [1.807, 2.05) is 6.92 Å². The van der Waals surface area contributed by atoms with Crippen molar-refractivity contribution in [2.45, 2.75) is 33.1 Å². The maximum Gasteiger partial charge on any atom is 0.265 e. The number of benzene rings is 1. The van der Waals surface area contributed by atoms with E-state index in [2.05, 4.69) is 5.32 Å². The number of nitrogens with one attached hydrogen (secondary N) is 1. The number of ketones is 1. The van der Waals surface area contributed by atoms with Gasteiger partial charge in [-0.1, -0.05) is 6.92 Å². The molecule has 0 bridgehead atoms. The van der Waals surface area contributed by atoms with E-state index in [1.54, 1.807) is 23.1 Å². The molecule has 23 heavy (non-hydrogen) atoms. The number of hydrogen-bond acceptors (Lipinski definition) is 4. The molecule has 0 atom stereocenters. The zero-order valence-corrected chi connectivity index (χ0v) is 13.6. The zero-order chi connectivity index (χ0) is 16.8. The summed E-state index contributed by atoms with van der Waals surface area (Å²) >= 11 is 0. The first-order valence-corrected chi connectivity index (χ1v) is 7.87. The number of hydrogen-bond donors (Lipinski definition) is 1. The summed E-state index contributed by atoms with van der Waals surface area (Å²) in [6.07, 6.45) is 1.83. The van der Waals surface area contributed by atoms with Crippen molar-refractivity contribution >= 4 is 23.3 Å². The Morgan fingerprint density at radius 2 is 2.13 bits per heavy atom. The molecule has 2 amide bonds. The van der Waals surface area contributed by atoms with Crippen molar-refractivity contribution in [3.63, 3.8) is 0 Å². The van der Waals surface area contributed by atoms with Gasteiger partial charge >= 0.3 is 0 Å². The van der Waals surface area contributed by atoms with Crippen LogP contribution in [0.25, 0.3) is 0 Å². The van der Waals surface area contributed by atoms with Gasteiger partial charge < -0.3 is 15.0 Å². The number of nitrogens with zero attached hydrogens (tertiary/aromatic N) is 1. The van der Waals surface area contributed by atoms with Crippen LogP contribution in [0.5, 0.6) is 5.75 Å². The van der Waals surface area contributed by atoms with E-state index in [9.17, 15) is 14.4 Å². The first-order valence-electron chi connectivity index (χ1n) is 7.87. The highest BCUT2D eigenvalue weighted by molar-refractivity contribution is 6.01. The van der Waals surface area contributed by atoms with Crippen LogP contribution in [0, 0.1) is 0 Å². The number of ether oxygens (including phenoxy) is 1. The lowest BCUT2D eigenvalue weighted by molar-refractivity contribution is -0.122. The van der Waals surface area contributed by atoms with Crippen molar-refractivity contribution in [3.05, 3.63) is 23.8 Å². The quantitative estimate of drug-likeness (QED) is 0.779. The SMILES string of the molecule is CCCNC(=O)CCCN1C(=O)COc2ccc(C(C)=O)cc21. The van der Waals surface area contributed by atoms with Crippen LogP contribution in [-0.4, -0.2) is 37.3 Å². The molecule has 1 aromatic carbocycles. The predicted octanol–water partition coefficient (Wildman–Crippen LogP) is 1.92. The van der Waals surface area contributed by atoms with Crippen molar-refractivity contribution in [1.82, 2.24) is 5.32 Å². The van der Waals surface area contributed by atoms with Gasteiger partial charge in [-0.3, -0.25) is 14.4 Å². The van der Waals surface area contributed by atoms with E-state index in [0.717, 1.165) is 6.42 Å². The fourth-order valence-corrected chi connectivity index (χ4v) is 2.42. The van der Waals surface area contributed by atoms with Crippen LogP contribution in [0.15, 0.2) is 18.2 Å². The molecule has 6 nitrogen and oxygen atoms in total. The standard InChI is InChI=1S/C17H22N2O4/c1-3-8-18-16(21)5-4-9-19-14-10-13(12(2)20)6-7-15(14)23-11-17(19)22/h6-7,10H,3-5,8-9,11H2,1-2H3,(H,18,21). The molecule has 1 aromatic rings. The molecule has 124 valence electrons. The molecule has 0 aliphatic carbocycles. The monoisotopic (exact) mass is 318 g/mol. The van der Waals surface area contributed by atoms with Gasteiger partial charge in [0.25, 0.3) is 5.91 Å². The summed E-state index contributed by atoms with van der Waals surface area (Å²) in [5.74, 6) is 0.354. The van der Waals surface area contributed by atoms with Gasteiger partial charge in [0, 0.05) is 25.1 Å². The Hall–Kier alpha value is -2.37. The summed E-state index contributed by atoms with van der Waals surface area (Å²) in [6.45, 7) is 4.55. The molecule has 0 fully saturated rings. The van der Waals surface area contributed by atoms with E-state index in [4.69, 9.17) is 4.74 Å². The highest BCUT2D eigenvalue weighted by atomic mass is 16.5. The highest BCUT2D eigenvalue weighted by Crippen LogP contribution is 2.33. The molecular formula is C17H22N2O4. The van der Waals surface area contributed by atoms with Gasteiger partial charge in [0.05, 0.1) is 5.69 Å². The second-order valence-electron chi connectivity index (χ2n) is 5.53. The molecule has 1 N–H and O–H groups in total. The Balaban J connectivity index is 2.04. The summed E-state index contributed by atoms with van der Waals surface area (Å²) in [6, 6.07) is 5.07. The van der Waals surface area contributed by atoms with Crippen LogP contribution >= 0.6 is 0 Å². The van der Waals surface area contributed by atoms with E-state index in [0.29, 0.717) is 42.9 Å². The third-order valence-electron chi connectivity index (χ3n) is 3.67. The second kappa shape index (κ2) is 7.76. The number of amides is 2. The van der Waals surface area contributed by atoms with Gasteiger partial charge in [-0.15, -0.1) is 0 Å². The molecular weight excluding hydrogens is 296 g/mol. The number of Topliss-reactive ketones (excluding diaryl/α,β-unsaturated/α-hetero) is 1. The molecule has 0 unspecified atom stereocenters. The molecule has 1 aliphatic heterocycles. The van der Waals surface area contributed by atoms with Crippen LogP contribution in [-0.2, 0) is 9.59 Å². The van der Waals surface area contributed by atoms with E-state index in [-0.39, 0.29) is 24.2 Å². The minimum absolute atomic E-state index is 0.00901. The molecule has 1 aliphatic rings. The van der Waals surface area contributed by atoms with E-state index < -0.39 is 0 Å². The van der Waals surface area contributed by atoms with Gasteiger partial charge in [-0.05, 0) is 38.0 Å². The van der Waals surface area contributed by atoms with Crippen molar-refractivity contribution in [3.8, 4) is 5.75 Å². The topological polar surface area (TPSA) is 75.7 Å². The number of rotatable bonds is 7. The Morgan fingerprint density at radius 1 is 1.35 bits per heavy atom. The lowest BCUT2D eigenvalue weighted by Crippen LogP contribution is -2.40. The fourth-order valence-electron chi connectivity index (χ4n) is 2.42. The maximum absolute atomic E-state index is 12.1. The first kappa shape index (κ1) is 17.0. The molecule has 0 radical (unpaired) electrons. The van der Waals surface area contributed by atoms with Crippen LogP contribution in [0.1, 0.15) is 43.5 Å². The normalized spacial score (nSPS) is 13.3. The molecule has 6 heteroatoms. The molecule has 0 aromatic heterocycles. The number of anilines is 1. The van der Waals surface area contributed by atoms with Crippen molar-refractivity contribution in [2.24, 2.45) is 0 Å². The third-order valence-corrected chi connectivity index (χ3v) is 3.67. The van der Waals surface area contributed by atoms with E-state index >= 15 is 0 Å². The third kappa shape index (κ3) is 4.31. The number of carbonyl (C=O) groups is 3. The average molecular weight is 318 g/mol. The maximum atomic E-state index is 12.1. The zero-order valence-electron chi connectivity index (χ0n) is 13.6. The predicted molar refractivity (Wildman–Crippen MR) is 86.8 cm³/mol. The van der Waals surface area contributed by atoms with Gasteiger partial charge in [-0.2, -0.15) is 0 Å². The lowest BCUT2D eigenvalue weighted by atomic mass is 10.1. The van der Waals surface area contributed by atoms with Gasteiger partial charge in [0.15, 0.2) is 12.4 Å². The Labute approximate surface area is 135 Å². The first-order chi connectivity index (χ1) is 11.0. The number of carbonyl (C=O) groups excluding carboxylic acids is 3. The van der Waals surface area contributed by atoms with Crippen LogP contribution < -0.4 is 15.0 Å². The summed E-state index contributed by atoms with van der Waals surface area (Å²) < 4.78 is 5.40. The number of fused-ring (bicyclic) bond motifs is 1. The van der Waals surface area contributed by atoms with Crippen LogP contribution in [0.4, 0.5) is 5.69 Å². The van der Waals surface area contributed by atoms with Gasteiger partial charge in [-0.25, -0.2) is 0 Å². The smallest absolute Gasteiger partial charge is 0.265 e. The second-order valence-corrected chi connectivity index (χ2v) is 5.53. The summed E-state index contributed by atoms with van der Waals surface area (Å²) in [5, 5.41) is 2.81. The Morgan fingerprint density at radius 3 is 2.83 bits per heavy atom. The highest BCUT2D eigenvalue weighted by Gasteiger charge is 2.26.